The minimum atomic E-state index is -0.241. The summed E-state index contributed by atoms with van der Waals surface area (Å²) in [6, 6.07) is 13.6. The van der Waals surface area contributed by atoms with Gasteiger partial charge in [0.2, 0.25) is 0 Å². The van der Waals surface area contributed by atoms with Crippen LogP contribution in [0, 0.1) is 0 Å². The molecule has 0 saturated heterocycles. The molecule has 0 aliphatic carbocycles. The summed E-state index contributed by atoms with van der Waals surface area (Å²) in [7, 11) is 0. The maximum Gasteiger partial charge on any atom is 0.275 e. The highest BCUT2D eigenvalue weighted by Gasteiger charge is 2.18. The number of aromatic nitrogens is 2. The zero-order valence-corrected chi connectivity index (χ0v) is 13.5. The van der Waals surface area contributed by atoms with Gasteiger partial charge in [0, 0.05) is 24.5 Å². The molecule has 0 unspecified atom stereocenters. The Balaban J connectivity index is 1.59. The molecule has 0 fully saturated rings. The monoisotopic (exact) mass is 318 g/mol. The first kappa shape index (κ1) is 14.6. The van der Waals surface area contributed by atoms with Gasteiger partial charge < -0.3 is 10.2 Å². The Morgan fingerprint density at radius 2 is 2.04 bits per heavy atom. The fourth-order valence-electron chi connectivity index (χ4n) is 3.11. The highest BCUT2D eigenvalue weighted by atomic mass is 16.1. The highest BCUT2D eigenvalue weighted by Crippen LogP contribution is 2.30. The summed E-state index contributed by atoms with van der Waals surface area (Å²) in [5.74, 6) is -0.241. The van der Waals surface area contributed by atoms with Crippen LogP contribution in [0.2, 0.25) is 0 Å². The van der Waals surface area contributed by atoms with Crippen molar-refractivity contribution in [2.45, 2.75) is 13.3 Å². The molecule has 1 amide bonds. The lowest BCUT2D eigenvalue weighted by Crippen LogP contribution is -2.19. The van der Waals surface area contributed by atoms with Crippen LogP contribution in [0.3, 0.4) is 0 Å². The molecule has 5 heteroatoms. The van der Waals surface area contributed by atoms with Crippen molar-refractivity contribution in [1.29, 1.82) is 0 Å². The van der Waals surface area contributed by atoms with Gasteiger partial charge in [-0.15, -0.1) is 0 Å². The zero-order chi connectivity index (χ0) is 16.5. The Labute approximate surface area is 140 Å². The lowest BCUT2D eigenvalue weighted by Gasteiger charge is -2.17. The minimum Gasteiger partial charge on any atom is -0.371 e. The fourth-order valence-corrected chi connectivity index (χ4v) is 3.11. The number of rotatable bonds is 3. The van der Waals surface area contributed by atoms with Crippen LogP contribution < -0.4 is 10.2 Å². The van der Waals surface area contributed by atoms with Gasteiger partial charge in [-0.25, -0.2) is 4.98 Å². The Kier molecular flexibility index (Phi) is 3.61. The number of hydrogen-bond donors (Lipinski definition) is 1. The molecular weight excluding hydrogens is 300 g/mol. The normalized spacial score (nSPS) is 13.1. The van der Waals surface area contributed by atoms with Crippen LogP contribution in [0.4, 0.5) is 11.4 Å². The van der Waals surface area contributed by atoms with E-state index >= 15 is 0 Å². The van der Waals surface area contributed by atoms with Crippen LogP contribution in [0.15, 0.2) is 48.7 Å². The molecule has 4 rings (SSSR count). The fraction of sp³-hybridized carbons (Fsp3) is 0.211. The molecule has 1 N–H and O–H groups in total. The van der Waals surface area contributed by atoms with Gasteiger partial charge in [0.1, 0.15) is 5.69 Å². The number of para-hydroxylation sites is 2. The number of nitrogens with one attached hydrogen (secondary N) is 1. The average Bonchev–Trinajstić information content (AvgIpc) is 3.03. The van der Waals surface area contributed by atoms with Gasteiger partial charge >= 0.3 is 0 Å². The molecule has 0 atom stereocenters. The average molecular weight is 318 g/mol. The Bertz CT molecular complexity index is 922. The molecule has 24 heavy (non-hydrogen) atoms. The van der Waals surface area contributed by atoms with Crippen LogP contribution in [-0.2, 0) is 6.42 Å². The van der Waals surface area contributed by atoms with Crippen molar-refractivity contribution in [3.8, 4) is 0 Å². The van der Waals surface area contributed by atoms with Crippen molar-refractivity contribution in [2.75, 3.05) is 23.3 Å². The number of amides is 1. The first-order chi connectivity index (χ1) is 11.7. The van der Waals surface area contributed by atoms with Gasteiger partial charge in [-0.1, -0.05) is 18.2 Å². The third kappa shape index (κ3) is 2.58. The smallest absolute Gasteiger partial charge is 0.275 e. The van der Waals surface area contributed by atoms with E-state index < -0.39 is 0 Å². The molecule has 1 aromatic heterocycles. The predicted octanol–water partition coefficient (Wildman–Crippen LogP) is 3.26. The van der Waals surface area contributed by atoms with Crippen LogP contribution in [0.5, 0.6) is 0 Å². The van der Waals surface area contributed by atoms with E-state index in [9.17, 15) is 4.79 Å². The van der Waals surface area contributed by atoms with Gasteiger partial charge in [0.15, 0.2) is 0 Å². The molecule has 0 bridgehead atoms. The lowest BCUT2D eigenvalue weighted by atomic mass is 10.1. The van der Waals surface area contributed by atoms with Gasteiger partial charge in [-0.05, 0) is 43.2 Å². The Morgan fingerprint density at radius 3 is 2.88 bits per heavy atom. The largest absolute Gasteiger partial charge is 0.371 e. The van der Waals surface area contributed by atoms with Crippen LogP contribution in [0.1, 0.15) is 23.0 Å². The van der Waals surface area contributed by atoms with Crippen molar-refractivity contribution in [3.05, 3.63) is 59.9 Å². The molecule has 3 aromatic rings. The van der Waals surface area contributed by atoms with Crippen molar-refractivity contribution in [3.63, 3.8) is 0 Å². The SMILES string of the molecule is CCN1CCc2ccc(NC(=O)c3cnc4ccccc4n3)cc21. The lowest BCUT2D eigenvalue weighted by molar-refractivity contribution is 0.102. The number of likely N-dealkylation sites (N-methyl/N-ethyl adjacent to an activating group) is 1. The molecule has 0 radical (unpaired) electrons. The van der Waals surface area contributed by atoms with Gasteiger partial charge in [-0.2, -0.15) is 0 Å². The summed E-state index contributed by atoms with van der Waals surface area (Å²) in [6.07, 6.45) is 2.58. The molecule has 1 aliphatic heterocycles. The van der Waals surface area contributed by atoms with Crippen molar-refractivity contribution in [2.24, 2.45) is 0 Å². The maximum atomic E-state index is 12.5. The van der Waals surface area contributed by atoms with Crippen LogP contribution >= 0.6 is 0 Å². The van der Waals surface area contributed by atoms with E-state index in [0.29, 0.717) is 5.69 Å². The standard InChI is InChI=1S/C19H18N4O/c1-2-23-10-9-13-7-8-14(11-18(13)23)21-19(24)17-12-20-15-5-3-4-6-16(15)22-17/h3-8,11-12H,2,9-10H2,1H3,(H,21,24). The van der Waals surface area contributed by atoms with Crippen molar-refractivity contribution < 1.29 is 4.79 Å². The number of hydrogen-bond acceptors (Lipinski definition) is 4. The quantitative estimate of drug-likeness (QED) is 0.805. The number of carbonyl (C=O) groups is 1. The summed E-state index contributed by atoms with van der Waals surface area (Å²) < 4.78 is 0. The molecule has 5 nitrogen and oxygen atoms in total. The third-order valence-electron chi connectivity index (χ3n) is 4.40. The second-order valence-corrected chi connectivity index (χ2v) is 5.87. The molecule has 0 spiro atoms. The van der Waals surface area contributed by atoms with E-state index in [-0.39, 0.29) is 5.91 Å². The van der Waals surface area contributed by atoms with E-state index in [1.54, 1.807) is 0 Å². The minimum absolute atomic E-state index is 0.241. The molecule has 120 valence electrons. The second kappa shape index (κ2) is 5.92. The van der Waals surface area contributed by atoms with Crippen molar-refractivity contribution >= 4 is 28.3 Å². The van der Waals surface area contributed by atoms with E-state index in [2.05, 4.69) is 33.2 Å². The molecule has 2 aromatic carbocycles. The summed E-state index contributed by atoms with van der Waals surface area (Å²) in [5.41, 5.74) is 5.15. The predicted molar refractivity (Wildman–Crippen MR) is 95.5 cm³/mol. The van der Waals surface area contributed by atoms with Gasteiger partial charge in [0.05, 0.1) is 17.2 Å². The number of anilines is 2. The summed E-state index contributed by atoms with van der Waals surface area (Å²) >= 11 is 0. The van der Waals surface area contributed by atoms with Gasteiger partial charge in [-0.3, -0.25) is 9.78 Å². The summed E-state index contributed by atoms with van der Waals surface area (Å²) in [6.45, 7) is 4.16. The van der Waals surface area contributed by atoms with E-state index in [1.165, 1.54) is 17.4 Å². The molecule has 1 aliphatic rings. The molecule has 2 heterocycles. The highest BCUT2D eigenvalue weighted by molar-refractivity contribution is 6.03. The molecular formula is C19H18N4O. The Morgan fingerprint density at radius 1 is 1.21 bits per heavy atom. The van der Waals surface area contributed by atoms with Crippen LogP contribution in [-0.4, -0.2) is 29.0 Å². The van der Waals surface area contributed by atoms with Crippen LogP contribution in [0.25, 0.3) is 11.0 Å². The number of nitrogens with zero attached hydrogens (tertiary/aromatic N) is 3. The first-order valence-electron chi connectivity index (χ1n) is 8.15. The number of fused-ring (bicyclic) bond motifs is 2. The number of carbonyl (C=O) groups excluding carboxylic acids is 1. The second-order valence-electron chi connectivity index (χ2n) is 5.87. The third-order valence-corrected chi connectivity index (χ3v) is 4.40. The molecule has 0 saturated carbocycles. The summed E-state index contributed by atoms with van der Waals surface area (Å²) in [4.78, 5) is 23.5. The zero-order valence-electron chi connectivity index (χ0n) is 13.5. The topological polar surface area (TPSA) is 58.1 Å². The summed E-state index contributed by atoms with van der Waals surface area (Å²) in [5, 5.41) is 2.93. The van der Waals surface area contributed by atoms with E-state index in [1.807, 2.05) is 36.4 Å². The van der Waals surface area contributed by atoms with E-state index in [4.69, 9.17) is 0 Å². The van der Waals surface area contributed by atoms with E-state index in [0.717, 1.165) is 36.2 Å². The maximum absolute atomic E-state index is 12.5. The number of benzene rings is 2. The van der Waals surface area contributed by atoms with Gasteiger partial charge in [0.25, 0.3) is 5.91 Å². The first-order valence-corrected chi connectivity index (χ1v) is 8.15. The van der Waals surface area contributed by atoms with Crippen molar-refractivity contribution in [1.82, 2.24) is 9.97 Å². The Hall–Kier alpha value is -2.95.